The van der Waals surface area contributed by atoms with Crippen LogP contribution in [0.5, 0.6) is 0 Å². The predicted octanol–water partition coefficient (Wildman–Crippen LogP) is 2.70. The van der Waals surface area contributed by atoms with E-state index in [1.54, 1.807) is 11.1 Å². The van der Waals surface area contributed by atoms with Crippen LogP contribution < -0.4 is 10.2 Å². The summed E-state index contributed by atoms with van der Waals surface area (Å²) in [6.07, 6.45) is 8.74. The molecule has 1 aromatic carbocycles. The van der Waals surface area contributed by atoms with Crippen LogP contribution in [-0.4, -0.2) is 59.4 Å². The molecule has 2 aromatic rings. The molecule has 0 bridgehead atoms. The Bertz CT molecular complexity index is 1000. The molecule has 168 valence electrons. The summed E-state index contributed by atoms with van der Waals surface area (Å²) in [5.74, 6) is 1.12. The smallest absolute Gasteiger partial charge is 0.257 e. The number of anilines is 1. The number of fused-ring (bicyclic) bond motifs is 2. The van der Waals surface area contributed by atoms with Gasteiger partial charge in [-0.05, 0) is 56.6 Å². The summed E-state index contributed by atoms with van der Waals surface area (Å²) < 4.78 is 0. The van der Waals surface area contributed by atoms with E-state index in [0.29, 0.717) is 24.6 Å². The van der Waals surface area contributed by atoms with E-state index in [2.05, 4.69) is 44.5 Å². The maximum atomic E-state index is 13.0. The lowest BCUT2D eigenvalue weighted by atomic mass is 10.0. The number of carbonyl (C=O) groups excluding carboxylic acids is 2. The number of nitrogens with zero attached hydrogens (tertiary/aromatic N) is 4. The van der Waals surface area contributed by atoms with Crippen molar-refractivity contribution in [3.05, 3.63) is 53.1 Å². The average molecular weight is 434 g/mol. The second kappa shape index (κ2) is 9.27. The Kier molecular flexibility index (Phi) is 6.06. The molecule has 1 saturated carbocycles. The molecule has 2 amide bonds. The zero-order valence-electron chi connectivity index (χ0n) is 18.6. The summed E-state index contributed by atoms with van der Waals surface area (Å²) in [4.78, 5) is 38.6. The van der Waals surface area contributed by atoms with Crippen LogP contribution in [0, 0.1) is 0 Å². The first kappa shape index (κ1) is 20.9. The van der Waals surface area contributed by atoms with Gasteiger partial charge in [0.15, 0.2) is 0 Å². The quantitative estimate of drug-likeness (QED) is 0.680. The molecule has 0 radical (unpaired) electrons. The molecule has 0 unspecified atom stereocenters. The van der Waals surface area contributed by atoms with E-state index < -0.39 is 0 Å². The second-order valence-electron chi connectivity index (χ2n) is 9.12. The highest BCUT2D eigenvalue weighted by molar-refractivity contribution is 5.97. The summed E-state index contributed by atoms with van der Waals surface area (Å²) in [6.45, 7) is 3.27. The van der Waals surface area contributed by atoms with Gasteiger partial charge in [-0.2, -0.15) is 0 Å². The molecule has 0 saturated heterocycles. The predicted molar refractivity (Wildman–Crippen MR) is 123 cm³/mol. The topological polar surface area (TPSA) is 78.4 Å². The number of nitrogens with one attached hydrogen (secondary N) is 1. The van der Waals surface area contributed by atoms with Gasteiger partial charge in [-0.1, -0.05) is 18.2 Å². The Morgan fingerprint density at radius 3 is 2.78 bits per heavy atom. The van der Waals surface area contributed by atoms with Crippen molar-refractivity contribution in [3.63, 3.8) is 0 Å². The van der Waals surface area contributed by atoms with Crippen LogP contribution in [0.25, 0.3) is 0 Å². The highest BCUT2D eigenvalue weighted by atomic mass is 16.2. The molecule has 0 atom stereocenters. The molecule has 7 nitrogen and oxygen atoms in total. The van der Waals surface area contributed by atoms with Crippen LogP contribution in [0.4, 0.5) is 5.69 Å². The van der Waals surface area contributed by atoms with Crippen molar-refractivity contribution in [2.75, 3.05) is 37.6 Å². The van der Waals surface area contributed by atoms with E-state index in [1.807, 2.05) is 0 Å². The van der Waals surface area contributed by atoms with Crippen molar-refractivity contribution in [1.82, 2.24) is 20.2 Å². The van der Waals surface area contributed by atoms with E-state index in [-0.39, 0.29) is 18.4 Å². The Labute approximate surface area is 189 Å². The highest BCUT2D eigenvalue weighted by Crippen LogP contribution is 2.38. The fourth-order valence-corrected chi connectivity index (χ4v) is 4.77. The van der Waals surface area contributed by atoms with Crippen molar-refractivity contribution < 1.29 is 9.59 Å². The van der Waals surface area contributed by atoms with Crippen molar-refractivity contribution in [2.45, 2.75) is 50.9 Å². The molecule has 3 aliphatic rings. The third-order valence-corrected chi connectivity index (χ3v) is 6.66. The molecule has 1 aliphatic carbocycles. The molecular weight excluding hydrogens is 402 g/mol. The number of carbonyl (C=O) groups is 2. The lowest BCUT2D eigenvalue weighted by molar-refractivity contribution is -0.121. The first-order valence-electron chi connectivity index (χ1n) is 11.9. The van der Waals surface area contributed by atoms with Crippen molar-refractivity contribution >= 4 is 17.5 Å². The summed E-state index contributed by atoms with van der Waals surface area (Å²) in [7, 11) is 0. The number of rotatable bonds is 7. The molecule has 32 heavy (non-hydrogen) atoms. The molecule has 2 aliphatic heterocycles. The van der Waals surface area contributed by atoms with Crippen LogP contribution in [0.1, 0.15) is 65.5 Å². The van der Waals surface area contributed by atoms with Crippen LogP contribution in [0.2, 0.25) is 0 Å². The van der Waals surface area contributed by atoms with E-state index >= 15 is 0 Å². The van der Waals surface area contributed by atoms with Crippen LogP contribution in [-0.2, 0) is 17.6 Å². The maximum absolute atomic E-state index is 13.0. The molecule has 1 aromatic heterocycles. The van der Waals surface area contributed by atoms with Gasteiger partial charge in [0.2, 0.25) is 5.91 Å². The summed E-state index contributed by atoms with van der Waals surface area (Å²) in [5, 5.41) is 3.00. The summed E-state index contributed by atoms with van der Waals surface area (Å²) in [6, 6.07) is 8.58. The van der Waals surface area contributed by atoms with E-state index in [0.717, 1.165) is 63.1 Å². The number of aryl methyl sites for hydroxylation is 2. The van der Waals surface area contributed by atoms with E-state index in [1.165, 1.54) is 17.7 Å². The van der Waals surface area contributed by atoms with Gasteiger partial charge < -0.3 is 15.1 Å². The van der Waals surface area contributed by atoms with Crippen LogP contribution >= 0.6 is 0 Å². The molecule has 0 spiro atoms. The number of aromatic nitrogens is 2. The van der Waals surface area contributed by atoms with Gasteiger partial charge >= 0.3 is 0 Å². The summed E-state index contributed by atoms with van der Waals surface area (Å²) >= 11 is 0. The number of benzene rings is 1. The molecule has 5 rings (SSSR count). The van der Waals surface area contributed by atoms with Gasteiger partial charge in [0.05, 0.1) is 17.8 Å². The van der Waals surface area contributed by atoms with E-state index in [4.69, 9.17) is 0 Å². The minimum atomic E-state index is -0.125. The Balaban J connectivity index is 1.11. The maximum Gasteiger partial charge on any atom is 0.257 e. The largest absolute Gasteiger partial charge is 0.371 e. The standard InChI is InChI=1S/C25H31N5O2/c31-23(26-12-5-15-29-13-3-7-18-6-1-2-9-22(18)29)17-30-14-4-8-21-20(25(30)32)16-27-24(28-21)19-10-11-19/h1-2,6,9,16,19H,3-5,7-8,10-15,17H2,(H,26,31). The van der Waals surface area contributed by atoms with Gasteiger partial charge in [-0.15, -0.1) is 0 Å². The monoisotopic (exact) mass is 433 g/mol. The van der Waals surface area contributed by atoms with Gasteiger partial charge in [0.1, 0.15) is 5.82 Å². The third kappa shape index (κ3) is 4.61. The molecular formula is C25H31N5O2. The van der Waals surface area contributed by atoms with Crippen molar-refractivity contribution in [3.8, 4) is 0 Å². The van der Waals surface area contributed by atoms with E-state index in [9.17, 15) is 9.59 Å². The van der Waals surface area contributed by atoms with Crippen LogP contribution in [0.15, 0.2) is 30.5 Å². The van der Waals surface area contributed by atoms with Crippen molar-refractivity contribution in [1.29, 1.82) is 0 Å². The SMILES string of the molecule is O=C(CN1CCCc2nc(C3CC3)ncc2C1=O)NCCCN1CCCc2ccccc21. The highest BCUT2D eigenvalue weighted by Gasteiger charge is 2.30. The van der Waals surface area contributed by atoms with Gasteiger partial charge in [0.25, 0.3) is 5.91 Å². The fraction of sp³-hybridized carbons (Fsp3) is 0.520. The number of hydrogen-bond acceptors (Lipinski definition) is 5. The van der Waals surface area contributed by atoms with Gasteiger partial charge in [-0.3, -0.25) is 9.59 Å². The minimum absolute atomic E-state index is 0.0925. The normalized spacial score (nSPS) is 18.1. The summed E-state index contributed by atoms with van der Waals surface area (Å²) in [5.41, 5.74) is 4.14. The molecule has 3 heterocycles. The number of hydrogen-bond donors (Lipinski definition) is 1. The average Bonchev–Trinajstić information content (AvgIpc) is 3.67. The lowest BCUT2D eigenvalue weighted by Gasteiger charge is -2.31. The Morgan fingerprint density at radius 1 is 1.09 bits per heavy atom. The van der Waals surface area contributed by atoms with Crippen molar-refractivity contribution in [2.24, 2.45) is 0 Å². The first-order valence-corrected chi connectivity index (χ1v) is 11.9. The third-order valence-electron chi connectivity index (χ3n) is 6.66. The molecule has 1 fully saturated rings. The zero-order valence-corrected chi connectivity index (χ0v) is 18.6. The lowest BCUT2D eigenvalue weighted by Crippen LogP contribution is -2.41. The van der Waals surface area contributed by atoms with Gasteiger partial charge in [-0.25, -0.2) is 9.97 Å². The zero-order chi connectivity index (χ0) is 21.9. The second-order valence-corrected chi connectivity index (χ2v) is 9.12. The first-order chi connectivity index (χ1) is 15.7. The Morgan fingerprint density at radius 2 is 1.91 bits per heavy atom. The fourth-order valence-electron chi connectivity index (χ4n) is 4.77. The van der Waals surface area contributed by atoms with Crippen LogP contribution in [0.3, 0.4) is 0 Å². The number of amides is 2. The number of para-hydroxylation sites is 1. The molecule has 7 heteroatoms. The molecule has 1 N–H and O–H groups in total. The van der Waals surface area contributed by atoms with Gasteiger partial charge in [0, 0.05) is 44.0 Å². The minimum Gasteiger partial charge on any atom is -0.371 e. The Hall–Kier alpha value is -2.96.